The van der Waals surface area contributed by atoms with Crippen molar-refractivity contribution in [3.8, 4) is 0 Å². The van der Waals surface area contributed by atoms with Gasteiger partial charge in [0.2, 0.25) is 0 Å². The lowest BCUT2D eigenvalue weighted by atomic mass is 9.77. The standard InChI is InChI=1S/C26H32F2/c1-3-5-19-7-11-21(12-8-19)22-15-17-24(18-16-22)26(28)25(27)23-13-9-20(6-4-2)10-14-23/h9-10,13-19,21H,3-8,11-12H2,1-2H3/b26-25+. The second kappa shape index (κ2) is 10.0. The first-order valence-electron chi connectivity index (χ1n) is 10.9. The highest BCUT2D eigenvalue weighted by atomic mass is 19.2. The quantitative estimate of drug-likeness (QED) is 0.421. The minimum Gasteiger partial charge on any atom is -0.203 e. The van der Waals surface area contributed by atoms with Crippen LogP contribution >= 0.6 is 0 Å². The maximum Gasteiger partial charge on any atom is 0.166 e. The Balaban J connectivity index is 1.69. The second-order valence-corrected chi connectivity index (χ2v) is 8.20. The Bertz CT molecular complexity index is 763. The monoisotopic (exact) mass is 382 g/mol. The zero-order valence-electron chi connectivity index (χ0n) is 17.2. The number of aryl methyl sites for hydroxylation is 1. The summed E-state index contributed by atoms with van der Waals surface area (Å²) < 4.78 is 29.3. The molecule has 0 N–H and O–H groups in total. The minimum absolute atomic E-state index is 0.302. The molecule has 2 aromatic rings. The van der Waals surface area contributed by atoms with Gasteiger partial charge in [-0.25, -0.2) is 8.78 Å². The topological polar surface area (TPSA) is 0 Å². The fourth-order valence-corrected chi connectivity index (χ4v) is 4.45. The van der Waals surface area contributed by atoms with E-state index < -0.39 is 11.7 Å². The third-order valence-electron chi connectivity index (χ3n) is 6.12. The molecule has 0 atom stereocenters. The maximum atomic E-state index is 14.7. The molecule has 1 aliphatic rings. The van der Waals surface area contributed by atoms with Crippen LogP contribution < -0.4 is 0 Å². The smallest absolute Gasteiger partial charge is 0.166 e. The molecule has 1 fully saturated rings. The summed E-state index contributed by atoms with van der Waals surface area (Å²) in [6, 6.07) is 14.5. The summed E-state index contributed by atoms with van der Waals surface area (Å²) >= 11 is 0. The van der Waals surface area contributed by atoms with E-state index in [0.717, 1.165) is 24.3 Å². The van der Waals surface area contributed by atoms with E-state index in [1.54, 1.807) is 24.3 Å². The Hall–Kier alpha value is -1.96. The van der Waals surface area contributed by atoms with Crippen molar-refractivity contribution in [1.29, 1.82) is 0 Å². The molecular weight excluding hydrogens is 350 g/mol. The van der Waals surface area contributed by atoms with Crippen molar-refractivity contribution < 1.29 is 8.78 Å². The van der Waals surface area contributed by atoms with Crippen LogP contribution in [0.1, 0.15) is 87.0 Å². The van der Waals surface area contributed by atoms with Gasteiger partial charge in [-0.15, -0.1) is 0 Å². The molecule has 1 aliphatic carbocycles. The molecule has 0 saturated heterocycles. The molecule has 0 heterocycles. The summed E-state index contributed by atoms with van der Waals surface area (Å²) in [6.45, 7) is 4.36. The lowest BCUT2D eigenvalue weighted by molar-refractivity contribution is 0.308. The van der Waals surface area contributed by atoms with Crippen molar-refractivity contribution >= 4 is 11.7 Å². The third-order valence-corrected chi connectivity index (χ3v) is 6.12. The predicted octanol–water partition coefficient (Wildman–Crippen LogP) is 8.48. The van der Waals surface area contributed by atoms with Crippen LogP contribution in [0.25, 0.3) is 11.7 Å². The van der Waals surface area contributed by atoms with Gasteiger partial charge in [-0.1, -0.05) is 81.6 Å². The Morgan fingerprint density at radius 2 is 1.29 bits per heavy atom. The molecule has 0 nitrogen and oxygen atoms in total. The van der Waals surface area contributed by atoms with Crippen LogP contribution in [0, 0.1) is 5.92 Å². The summed E-state index contributed by atoms with van der Waals surface area (Å²) in [6.07, 6.45) is 9.59. The van der Waals surface area contributed by atoms with Crippen molar-refractivity contribution in [3.63, 3.8) is 0 Å². The fourth-order valence-electron chi connectivity index (χ4n) is 4.45. The van der Waals surface area contributed by atoms with Crippen LogP contribution in [0.4, 0.5) is 8.78 Å². The lowest BCUT2D eigenvalue weighted by Crippen LogP contribution is -2.13. The molecule has 0 bridgehead atoms. The number of hydrogen-bond donors (Lipinski definition) is 0. The molecule has 28 heavy (non-hydrogen) atoms. The van der Waals surface area contributed by atoms with E-state index in [1.165, 1.54) is 44.1 Å². The van der Waals surface area contributed by atoms with E-state index in [-0.39, 0.29) is 0 Å². The average molecular weight is 383 g/mol. The van der Waals surface area contributed by atoms with E-state index in [2.05, 4.69) is 13.8 Å². The van der Waals surface area contributed by atoms with Gasteiger partial charge in [0.05, 0.1) is 0 Å². The van der Waals surface area contributed by atoms with Crippen molar-refractivity contribution in [2.24, 2.45) is 5.92 Å². The molecule has 1 saturated carbocycles. The van der Waals surface area contributed by atoms with Crippen molar-refractivity contribution in [3.05, 3.63) is 70.8 Å². The number of benzene rings is 2. The van der Waals surface area contributed by atoms with Crippen LogP contribution in [0.5, 0.6) is 0 Å². The van der Waals surface area contributed by atoms with Gasteiger partial charge >= 0.3 is 0 Å². The highest BCUT2D eigenvalue weighted by Gasteiger charge is 2.22. The molecule has 3 rings (SSSR count). The molecule has 2 aromatic carbocycles. The first-order valence-corrected chi connectivity index (χ1v) is 10.9. The number of hydrogen-bond acceptors (Lipinski definition) is 0. The van der Waals surface area contributed by atoms with E-state index in [1.807, 2.05) is 24.3 Å². The number of halogens is 2. The average Bonchev–Trinajstić information content (AvgIpc) is 2.74. The van der Waals surface area contributed by atoms with E-state index >= 15 is 0 Å². The fraction of sp³-hybridized carbons (Fsp3) is 0.462. The van der Waals surface area contributed by atoms with Crippen LogP contribution in [0.15, 0.2) is 48.5 Å². The van der Waals surface area contributed by atoms with Gasteiger partial charge in [0.25, 0.3) is 0 Å². The third kappa shape index (κ3) is 5.10. The molecule has 0 aliphatic heterocycles. The maximum absolute atomic E-state index is 14.7. The van der Waals surface area contributed by atoms with Gasteiger partial charge in [-0.3, -0.25) is 0 Å². The Morgan fingerprint density at radius 1 is 0.750 bits per heavy atom. The van der Waals surface area contributed by atoms with Gasteiger partial charge < -0.3 is 0 Å². The molecule has 0 unspecified atom stereocenters. The first-order chi connectivity index (χ1) is 13.6. The largest absolute Gasteiger partial charge is 0.203 e. The van der Waals surface area contributed by atoms with Crippen molar-refractivity contribution in [1.82, 2.24) is 0 Å². The second-order valence-electron chi connectivity index (χ2n) is 8.20. The zero-order chi connectivity index (χ0) is 19.9. The Labute approximate surface area is 168 Å². The van der Waals surface area contributed by atoms with Gasteiger partial charge in [-0.2, -0.15) is 0 Å². The number of rotatable bonds is 7. The van der Waals surface area contributed by atoms with Gasteiger partial charge in [0, 0.05) is 11.1 Å². The molecule has 0 spiro atoms. The van der Waals surface area contributed by atoms with Crippen LogP contribution in [0.3, 0.4) is 0 Å². The molecule has 0 aromatic heterocycles. The molecule has 2 heteroatoms. The van der Waals surface area contributed by atoms with Crippen LogP contribution in [0.2, 0.25) is 0 Å². The van der Waals surface area contributed by atoms with Crippen molar-refractivity contribution in [2.75, 3.05) is 0 Å². The van der Waals surface area contributed by atoms with Gasteiger partial charge in [0.15, 0.2) is 11.7 Å². The van der Waals surface area contributed by atoms with E-state index in [0.29, 0.717) is 17.0 Å². The van der Waals surface area contributed by atoms with Gasteiger partial charge in [0.1, 0.15) is 0 Å². The highest BCUT2D eigenvalue weighted by Crippen LogP contribution is 2.38. The van der Waals surface area contributed by atoms with Crippen LogP contribution in [-0.4, -0.2) is 0 Å². The molecule has 0 amide bonds. The SMILES string of the molecule is CCCc1ccc(/C(F)=C(\F)c2ccc(C3CCC(CCC)CC3)cc2)cc1. The van der Waals surface area contributed by atoms with Crippen LogP contribution in [-0.2, 0) is 6.42 Å². The van der Waals surface area contributed by atoms with Gasteiger partial charge in [-0.05, 0) is 55.1 Å². The van der Waals surface area contributed by atoms with Crippen molar-refractivity contribution in [2.45, 2.75) is 71.1 Å². The molecular formula is C26H32F2. The lowest BCUT2D eigenvalue weighted by Gasteiger charge is -2.28. The normalized spacial score (nSPS) is 20.7. The van der Waals surface area contributed by atoms with E-state index in [9.17, 15) is 8.78 Å². The minimum atomic E-state index is -0.782. The van der Waals surface area contributed by atoms with E-state index in [4.69, 9.17) is 0 Å². The summed E-state index contributed by atoms with van der Waals surface area (Å²) in [5.74, 6) is -0.124. The predicted molar refractivity (Wildman–Crippen MR) is 116 cm³/mol. The Morgan fingerprint density at radius 3 is 1.79 bits per heavy atom. The summed E-state index contributed by atoms with van der Waals surface area (Å²) in [5, 5.41) is 0. The molecule has 150 valence electrons. The Kier molecular flexibility index (Phi) is 7.42. The first kappa shape index (κ1) is 20.8. The zero-order valence-corrected chi connectivity index (χ0v) is 17.2. The summed E-state index contributed by atoms with van der Waals surface area (Å²) in [7, 11) is 0. The summed E-state index contributed by atoms with van der Waals surface area (Å²) in [4.78, 5) is 0. The molecule has 0 radical (unpaired) electrons. The summed E-state index contributed by atoms with van der Waals surface area (Å²) in [5.41, 5.74) is 3.03. The highest BCUT2D eigenvalue weighted by molar-refractivity contribution is 5.83.